The van der Waals surface area contributed by atoms with E-state index in [4.69, 9.17) is 19.4 Å². The summed E-state index contributed by atoms with van der Waals surface area (Å²) in [6.07, 6.45) is 0. The van der Waals surface area contributed by atoms with Gasteiger partial charge in [-0.3, -0.25) is 0 Å². The van der Waals surface area contributed by atoms with Crippen molar-refractivity contribution in [2.75, 3.05) is 0 Å². The Labute approximate surface area is 308 Å². The minimum atomic E-state index is 0.613. The normalized spacial score (nSPS) is 12.1. The lowest BCUT2D eigenvalue weighted by atomic mass is 9.91. The van der Waals surface area contributed by atoms with Crippen molar-refractivity contribution in [3.05, 3.63) is 170 Å². The van der Waals surface area contributed by atoms with E-state index in [1.165, 1.54) is 54.1 Å². The Hall–Kier alpha value is -7.37. The molecule has 0 unspecified atom stereocenters. The lowest BCUT2D eigenvalue weighted by Crippen LogP contribution is -2.00. The van der Waals surface area contributed by atoms with Crippen molar-refractivity contribution in [3.63, 3.8) is 0 Å². The molecule has 9 aromatic carbocycles. The molecule has 0 saturated heterocycles. The second-order valence-corrected chi connectivity index (χ2v) is 14.0. The van der Waals surface area contributed by atoms with Gasteiger partial charge in [-0.15, -0.1) is 0 Å². The van der Waals surface area contributed by atoms with Crippen LogP contribution in [-0.4, -0.2) is 19.5 Å². The Balaban J connectivity index is 1.10. The predicted octanol–water partition coefficient (Wildman–Crippen LogP) is 12.8. The van der Waals surface area contributed by atoms with Gasteiger partial charge < -0.3 is 8.98 Å². The van der Waals surface area contributed by atoms with Crippen LogP contribution in [0.25, 0.3) is 116 Å². The van der Waals surface area contributed by atoms with Gasteiger partial charge in [-0.2, -0.15) is 0 Å². The topological polar surface area (TPSA) is 56.7 Å². The van der Waals surface area contributed by atoms with E-state index in [2.05, 4.69) is 102 Å². The third kappa shape index (κ3) is 4.18. The smallest absolute Gasteiger partial charge is 0.164 e. The van der Waals surface area contributed by atoms with Crippen LogP contribution < -0.4 is 0 Å². The molecule has 0 aliphatic rings. The van der Waals surface area contributed by atoms with E-state index in [9.17, 15) is 0 Å². The monoisotopic (exact) mass is 688 g/mol. The zero-order chi connectivity index (χ0) is 35.3. The van der Waals surface area contributed by atoms with E-state index >= 15 is 0 Å². The van der Waals surface area contributed by atoms with Gasteiger partial charge >= 0.3 is 0 Å². The summed E-state index contributed by atoms with van der Waals surface area (Å²) >= 11 is 0. The number of hydrogen-bond acceptors (Lipinski definition) is 4. The molecule has 0 aliphatic carbocycles. The summed E-state index contributed by atoms with van der Waals surface area (Å²) in [7, 11) is 0. The highest BCUT2D eigenvalue weighted by Gasteiger charge is 2.22. The quantitative estimate of drug-likeness (QED) is 0.173. The molecule has 3 aromatic heterocycles. The highest BCUT2D eigenvalue weighted by Crippen LogP contribution is 2.47. The molecule has 0 spiro atoms. The van der Waals surface area contributed by atoms with E-state index in [0.717, 1.165) is 44.3 Å². The average molecular weight is 689 g/mol. The van der Waals surface area contributed by atoms with E-state index in [1.807, 2.05) is 72.8 Å². The number of nitrogens with zero attached hydrogens (tertiary/aromatic N) is 4. The van der Waals surface area contributed by atoms with Gasteiger partial charge in [0.05, 0.1) is 11.0 Å². The van der Waals surface area contributed by atoms with Crippen molar-refractivity contribution in [1.29, 1.82) is 0 Å². The lowest BCUT2D eigenvalue weighted by Gasteiger charge is -2.11. The number of fused-ring (bicyclic) bond motifs is 8. The van der Waals surface area contributed by atoms with Crippen LogP contribution in [0.1, 0.15) is 0 Å². The maximum Gasteiger partial charge on any atom is 0.164 e. The summed E-state index contributed by atoms with van der Waals surface area (Å²) < 4.78 is 8.90. The number of hydrogen-bond donors (Lipinski definition) is 0. The molecule has 0 aliphatic heterocycles. The van der Waals surface area contributed by atoms with Crippen LogP contribution in [0.3, 0.4) is 0 Å². The van der Waals surface area contributed by atoms with Crippen LogP contribution in [0.2, 0.25) is 0 Å². The summed E-state index contributed by atoms with van der Waals surface area (Å²) in [5.41, 5.74) is 7.89. The highest BCUT2D eigenvalue weighted by atomic mass is 16.3. The van der Waals surface area contributed by atoms with Gasteiger partial charge in [0.25, 0.3) is 0 Å². The fourth-order valence-corrected chi connectivity index (χ4v) is 8.58. The Morgan fingerprint density at radius 3 is 1.67 bits per heavy atom. The maximum absolute atomic E-state index is 6.46. The van der Waals surface area contributed by atoms with Crippen molar-refractivity contribution in [2.24, 2.45) is 0 Å². The van der Waals surface area contributed by atoms with Crippen molar-refractivity contribution >= 4 is 76.1 Å². The molecule has 0 fully saturated rings. The van der Waals surface area contributed by atoms with Gasteiger partial charge in [-0.25, -0.2) is 15.0 Å². The minimum absolute atomic E-state index is 0.613. The molecule has 5 nitrogen and oxygen atoms in total. The Bertz CT molecular complexity index is 3370. The van der Waals surface area contributed by atoms with Crippen molar-refractivity contribution in [3.8, 4) is 39.9 Å². The first kappa shape index (κ1) is 29.2. The minimum Gasteiger partial charge on any atom is -0.456 e. The maximum atomic E-state index is 6.46. The summed E-state index contributed by atoms with van der Waals surface area (Å²) in [5.74, 6) is 1.88. The van der Waals surface area contributed by atoms with Gasteiger partial charge in [0.15, 0.2) is 17.5 Å². The van der Waals surface area contributed by atoms with Crippen molar-refractivity contribution < 1.29 is 4.42 Å². The van der Waals surface area contributed by atoms with E-state index in [-0.39, 0.29) is 0 Å². The van der Waals surface area contributed by atoms with Crippen molar-refractivity contribution in [1.82, 2.24) is 19.5 Å². The van der Waals surface area contributed by atoms with E-state index in [0.29, 0.717) is 17.5 Å². The van der Waals surface area contributed by atoms with Crippen LogP contribution >= 0.6 is 0 Å². The number of aromatic nitrogens is 4. The molecule has 250 valence electrons. The predicted molar refractivity (Wildman–Crippen MR) is 221 cm³/mol. The highest BCUT2D eigenvalue weighted by molar-refractivity contribution is 6.39. The first-order chi connectivity index (χ1) is 26.8. The largest absolute Gasteiger partial charge is 0.456 e. The Morgan fingerprint density at radius 2 is 0.926 bits per heavy atom. The molecule has 54 heavy (non-hydrogen) atoms. The summed E-state index contributed by atoms with van der Waals surface area (Å²) in [6.45, 7) is 0. The molecule has 12 aromatic rings. The van der Waals surface area contributed by atoms with Crippen molar-refractivity contribution in [2.45, 2.75) is 0 Å². The van der Waals surface area contributed by atoms with Crippen LogP contribution in [0.5, 0.6) is 0 Å². The van der Waals surface area contributed by atoms with Gasteiger partial charge in [0.2, 0.25) is 0 Å². The molecule has 0 radical (unpaired) electrons. The van der Waals surface area contributed by atoms with Crippen LogP contribution in [-0.2, 0) is 0 Å². The Morgan fingerprint density at radius 1 is 0.352 bits per heavy atom. The lowest BCUT2D eigenvalue weighted by molar-refractivity contribution is 0.669. The molecule has 0 atom stereocenters. The van der Waals surface area contributed by atoms with Gasteiger partial charge in [-0.05, 0) is 75.5 Å². The van der Waals surface area contributed by atoms with E-state index in [1.54, 1.807) is 0 Å². The van der Waals surface area contributed by atoms with Gasteiger partial charge in [-0.1, -0.05) is 121 Å². The standard InChI is InChI=1S/C49H28N4O/c1-3-12-29(13-4-1)47-50-48(30-14-5-2-6-15-30)52-49(51-47)32-22-24-42-38(26-32)39-28-33(23-25-43(39)54-42)53-40-21-11-20-37-35-18-9-10-19-36(35)44-34-17-8-7-16-31(34)27-41(53)46(44)45(37)40/h1-28H. The zero-order valence-corrected chi connectivity index (χ0v) is 28.9. The number of benzene rings is 9. The fraction of sp³-hybridized carbons (Fsp3) is 0. The molecule has 0 N–H and O–H groups in total. The fourth-order valence-electron chi connectivity index (χ4n) is 8.58. The third-order valence-electron chi connectivity index (χ3n) is 11.0. The number of furan rings is 1. The third-order valence-corrected chi connectivity index (χ3v) is 11.0. The molecule has 3 heterocycles. The van der Waals surface area contributed by atoms with Crippen LogP contribution in [0.4, 0.5) is 0 Å². The Kier molecular flexibility index (Phi) is 5.99. The summed E-state index contributed by atoms with van der Waals surface area (Å²) in [5, 5.41) is 12.3. The summed E-state index contributed by atoms with van der Waals surface area (Å²) in [6, 6.07) is 59.6. The summed E-state index contributed by atoms with van der Waals surface area (Å²) in [4.78, 5) is 14.9. The first-order valence-electron chi connectivity index (χ1n) is 18.2. The van der Waals surface area contributed by atoms with Gasteiger partial charge in [0, 0.05) is 49.3 Å². The average Bonchev–Trinajstić information content (AvgIpc) is 3.78. The zero-order valence-electron chi connectivity index (χ0n) is 28.9. The van der Waals surface area contributed by atoms with E-state index < -0.39 is 0 Å². The molecule has 12 rings (SSSR count). The molecule has 5 heteroatoms. The van der Waals surface area contributed by atoms with Crippen LogP contribution in [0.15, 0.2) is 174 Å². The second kappa shape index (κ2) is 11.1. The molecular formula is C49H28N4O. The SMILES string of the molecule is c1ccc(-c2nc(-c3ccccc3)nc(-c3ccc4oc5ccc(-n6c7cccc8c9ccccc9c9c%10ccccc%10cc6c9c87)cc5c4c3)n2)cc1. The first-order valence-corrected chi connectivity index (χ1v) is 18.2. The second-order valence-electron chi connectivity index (χ2n) is 14.0. The number of rotatable bonds is 4. The van der Waals surface area contributed by atoms with Crippen LogP contribution in [0, 0.1) is 0 Å². The van der Waals surface area contributed by atoms with Gasteiger partial charge in [0.1, 0.15) is 11.2 Å². The molecular weight excluding hydrogens is 661 g/mol. The molecule has 0 amide bonds. The molecule has 0 saturated carbocycles. The molecule has 0 bridgehead atoms.